The molecule has 0 atom stereocenters. The Morgan fingerprint density at radius 1 is 1.24 bits per heavy atom. The predicted molar refractivity (Wildman–Crippen MR) is 97.0 cm³/mol. The van der Waals surface area contributed by atoms with E-state index in [1.54, 1.807) is 0 Å². The Balaban J connectivity index is 1.77. The fraction of sp³-hybridized carbons (Fsp3) is 0.421. The Morgan fingerprint density at radius 2 is 2.08 bits per heavy atom. The van der Waals surface area contributed by atoms with E-state index in [-0.39, 0.29) is 17.2 Å². The van der Waals surface area contributed by atoms with Crippen molar-refractivity contribution in [2.75, 3.05) is 13.2 Å². The number of amides is 1. The molecule has 2 aromatic rings. The van der Waals surface area contributed by atoms with E-state index in [0.29, 0.717) is 26.1 Å². The zero-order valence-electron chi connectivity index (χ0n) is 14.8. The second-order valence-corrected chi connectivity index (χ2v) is 5.91. The maximum absolute atomic E-state index is 12.1. The second-order valence-electron chi connectivity index (χ2n) is 5.91. The number of carbonyl (C=O) groups excluding carboxylic acids is 1. The molecule has 0 aliphatic carbocycles. The van der Waals surface area contributed by atoms with E-state index in [1.165, 1.54) is 16.8 Å². The van der Waals surface area contributed by atoms with Gasteiger partial charge in [-0.1, -0.05) is 25.5 Å². The van der Waals surface area contributed by atoms with Gasteiger partial charge in [0.25, 0.3) is 11.5 Å². The lowest BCUT2D eigenvalue weighted by Gasteiger charge is -2.09. The van der Waals surface area contributed by atoms with Gasteiger partial charge in [0.15, 0.2) is 0 Å². The number of carbonyl (C=O) groups is 1. The standard InChI is InChI=1S/C19H25N3O3/c1-3-4-12-22-18(23)10-9-17(21-22)19(24)20-11-6-13-25-16-8-5-7-15(2)14-16/h5,7-10,14H,3-4,6,11-13H2,1-2H3,(H,20,24). The molecular weight excluding hydrogens is 318 g/mol. The minimum atomic E-state index is -0.277. The van der Waals surface area contributed by atoms with Crippen molar-refractivity contribution in [3.63, 3.8) is 0 Å². The molecule has 0 bridgehead atoms. The van der Waals surface area contributed by atoms with Crippen molar-refractivity contribution in [2.24, 2.45) is 0 Å². The van der Waals surface area contributed by atoms with Crippen LogP contribution in [0.25, 0.3) is 0 Å². The molecule has 6 nitrogen and oxygen atoms in total. The van der Waals surface area contributed by atoms with Gasteiger partial charge in [-0.25, -0.2) is 4.68 Å². The summed E-state index contributed by atoms with van der Waals surface area (Å²) in [6, 6.07) is 10.7. The molecule has 0 fully saturated rings. The molecule has 1 N–H and O–H groups in total. The van der Waals surface area contributed by atoms with Gasteiger partial charge in [-0.15, -0.1) is 0 Å². The number of hydrogen-bond acceptors (Lipinski definition) is 4. The minimum Gasteiger partial charge on any atom is -0.494 e. The van der Waals surface area contributed by atoms with Crippen LogP contribution in [0.15, 0.2) is 41.2 Å². The van der Waals surface area contributed by atoms with Crippen LogP contribution >= 0.6 is 0 Å². The first-order valence-corrected chi connectivity index (χ1v) is 8.66. The summed E-state index contributed by atoms with van der Waals surface area (Å²) < 4.78 is 6.99. The molecule has 0 aliphatic heterocycles. The molecule has 0 radical (unpaired) electrons. The zero-order chi connectivity index (χ0) is 18.1. The molecule has 2 rings (SSSR count). The summed E-state index contributed by atoms with van der Waals surface area (Å²) >= 11 is 0. The molecule has 0 saturated heterocycles. The summed E-state index contributed by atoms with van der Waals surface area (Å²) in [5.74, 6) is 0.553. The third-order valence-electron chi connectivity index (χ3n) is 3.69. The number of hydrogen-bond donors (Lipinski definition) is 1. The average Bonchev–Trinajstić information content (AvgIpc) is 2.60. The van der Waals surface area contributed by atoms with Gasteiger partial charge in [0.1, 0.15) is 11.4 Å². The lowest BCUT2D eigenvalue weighted by molar-refractivity contribution is 0.0944. The predicted octanol–water partition coefficient (Wildman–Crippen LogP) is 2.55. The molecule has 0 saturated carbocycles. The van der Waals surface area contributed by atoms with Crippen molar-refractivity contribution in [3.8, 4) is 5.75 Å². The van der Waals surface area contributed by atoms with Crippen LogP contribution in [0.3, 0.4) is 0 Å². The van der Waals surface area contributed by atoms with E-state index >= 15 is 0 Å². The first kappa shape index (κ1) is 18.7. The first-order valence-electron chi connectivity index (χ1n) is 8.66. The summed E-state index contributed by atoms with van der Waals surface area (Å²) in [5.41, 5.74) is 1.22. The van der Waals surface area contributed by atoms with Gasteiger partial charge in [0, 0.05) is 19.2 Å². The van der Waals surface area contributed by atoms with Crippen LogP contribution < -0.4 is 15.6 Å². The normalized spacial score (nSPS) is 10.5. The summed E-state index contributed by atoms with van der Waals surface area (Å²) in [4.78, 5) is 23.8. The molecule has 0 aliphatic rings. The summed E-state index contributed by atoms with van der Waals surface area (Å²) in [7, 11) is 0. The third kappa shape index (κ3) is 6.06. The number of ether oxygens (including phenoxy) is 1. The summed E-state index contributed by atoms with van der Waals surface area (Å²) in [6.45, 7) is 5.59. The van der Waals surface area contributed by atoms with Gasteiger partial charge in [-0.3, -0.25) is 9.59 Å². The van der Waals surface area contributed by atoms with Crippen molar-refractivity contribution in [1.82, 2.24) is 15.1 Å². The van der Waals surface area contributed by atoms with Gasteiger partial charge in [-0.2, -0.15) is 5.10 Å². The smallest absolute Gasteiger partial charge is 0.271 e. The van der Waals surface area contributed by atoms with E-state index in [0.717, 1.165) is 24.2 Å². The highest BCUT2D eigenvalue weighted by molar-refractivity contribution is 5.91. The second kappa shape index (κ2) is 9.61. The number of rotatable bonds is 9. The Morgan fingerprint density at radius 3 is 2.84 bits per heavy atom. The Hall–Kier alpha value is -2.63. The molecule has 0 spiro atoms. The van der Waals surface area contributed by atoms with Crippen LogP contribution in [-0.2, 0) is 6.54 Å². The van der Waals surface area contributed by atoms with Crippen LogP contribution in [0.1, 0.15) is 42.2 Å². The van der Waals surface area contributed by atoms with Crippen LogP contribution in [0.2, 0.25) is 0 Å². The topological polar surface area (TPSA) is 73.2 Å². The number of aromatic nitrogens is 2. The monoisotopic (exact) mass is 343 g/mol. The van der Waals surface area contributed by atoms with Gasteiger partial charge >= 0.3 is 0 Å². The maximum atomic E-state index is 12.1. The molecule has 1 amide bonds. The lowest BCUT2D eigenvalue weighted by Crippen LogP contribution is -2.30. The Bertz CT molecular complexity index is 756. The summed E-state index contributed by atoms with van der Waals surface area (Å²) in [5, 5.41) is 6.93. The van der Waals surface area contributed by atoms with E-state index < -0.39 is 0 Å². The average molecular weight is 343 g/mol. The van der Waals surface area contributed by atoms with Crippen molar-refractivity contribution in [3.05, 3.63) is 58.0 Å². The number of aryl methyl sites for hydroxylation is 2. The highest BCUT2D eigenvalue weighted by Crippen LogP contribution is 2.12. The number of unbranched alkanes of at least 4 members (excludes halogenated alkanes) is 1. The maximum Gasteiger partial charge on any atom is 0.271 e. The van der Waals surface area contributed by atoms with Crippen molar-refractivity contribution >= 4 is 5.91 Å². The van der Waals surface area contributed by atoms with Crippen LogP contribution in [0, 0.1) is 6.92 Å². The van der Waals surface area contributed by atoms with Gasteiger partial charge in [0.05, 0.1) is 6.61 Å². The molecule has 6 heteroatoms. The first-order chi connectivity index (χ1) is 12.1. The van der Waals surface area contributed by atoms with Crippen LogP contribution in [0.5, 0.6) is 5.75 Å². The van der Waals surface area contributed by atoms with Gasteiger partial charge < -0.3 is 10.1 Å². The van der Waals surface area contributed by atoms with Crippen LogP contribution in [-0.4, -0.2) is 28.8 Å². The zero-order valence-corrected chi connectivity index (χ0v) is 14.8. The molecule has 134 valence electrons. The summed E-state index contributed by atoms with van der Waals surface area (Å²) in [6.07, 6.45) is 2.51. The van der Waals surface area contributed by atoms with Crippen molar-refractivity contribution in [2.45, 2.75) is 39.7 Å². The van der Waals surface area contributed by atoms with E-state index in [4.69, 9.17) is 4.74 Å². The fourth-order valence-electron chi connectivity index (χ4n) is 2.30. The van der Waals surface area contributed by atoms with E-state index in [1.807, 2.05) is 38.1 Å². The fourth-order valence-corrected chi connectivity index (χ4v) is 2.30. The molecule has 0 unspecified atom stereocenters. The number of nitrogens with one attached hydrogen (secondary N) is 1. The molecular formula is C19H25N3O3. The minimum absolute atomic E-state index is 0.184. The third-order valence-corrected chi connectivity index (χ3v) is 3.69. The van der Waals surface area contributed by atoms with Crippen molar-refractivity contribution in [1.29, 1.82) is 0 Å². The largest absolute Gasteiger partial charge is 0.494 e. The van der Waals surface area contributed by atoms with Gasteiger partial charge in [0.2, 0.25) is 0 Å². The van der Waals surface area contributed by atoms with Gasteiger partial charge in [-0.05, 0) is 43.5 Å². The number of nitrogens with zero attached hydrogens (tertiary/aromatic N) is 2. The SMILES string of the molecule is CCCCn1nc(C(=O)NCCCOc2cccc(C)c2)ccc1=O. The molecule has 1 aromatic heterocycles. The van der Waals surface area contributed by atoms with E-state index in [9.17, 15) is 9.59 Å². The number of benzene rings is 1. The quantitative estimate of drug-likeness (QED) is 0.710. The highest BCUT2D eigenvalue weighted by atomic mass is 16.5. The van der Waals surface area contributed by atoms with Crippen LogP contribution in [0.4, 0.5) is 0 Å². The molecule has 1 aromatic carbocycles. The lowest BCUT2D eigenvalue weighted by atomic mass is 10.2. The molecule has 25 heavy (non-hydrogen) atoms. The molecule has 1 heterocycles. The Labute approximate surface area is 147 Å². The highest BCUT2D eigenvalue weighted by Gasteiger charge is 2.09. The van der Waals surface area contributed by atoms with Crippen molar-refractivity contribution < 1.29 is 9.53 Å². The Kier molecular flexibility index (Phi) is 7.19. The van der Waals surface area contributed by atoms with E-state index in [2.05, 4.69) is 10.4 Å².